The first-order chi connectivity index (χ1) is 11.4. The molecule has 0 aliphatic rings. The topological polar surface area (TPSA) is 70.5 Å². The van der Waals surface area contributed by atoms with Gasteiger partial charge in [-0.2, -0.15) is 0 Å². The van der Waals surface area contributed by atoms with Crippen LogP contribution in [0.3, 0.4) is 0 Å². The van der Waals surface area contributed by atoms with E-state index in [0.717, 1.165) is 16.8 Å². The first-order valence-corrected chi connectivity index (χ1v) is 7.95. The van der Waals surface area contributed by atoms with Crippen LogP contribution in [0.4, 0.5) is 0 Å². The quantitative estimate of drug-likeness (QED) is 0.883. The standard InChI is InChI=1S/C19H22N2O3/c1-13(2)21(12-10-18(22)23)19(24)16-8-6-7-15(14(16)3)17-9-4-5-11-20-17/h4-9,11,13H,10,12H2,1-3H3,(H,22,23). The zero-order valence-corrected chi connectivity index (χ0v) is 14.2. The molecule has 0 saturated carbocycles. The van der Waals surface area contributed by atoms with Crippen LogP contribution in [0.5, 0.6) is 0 Å². The molecule has 5 heteroatoms. The molecule has 2 aromatic rings. The summed E-state index contributed by atoms with van der Waals surface area (Å²) in [6.45, 7) is 5.86. The molecule has 1 heterocycles. The molecule has 126 valence electrons. The van der Waals surface area contributed by atoms with Crippen molar-refractivity contribution in [2.75, 3.05) is 6.54 Å². The fourth-order valence-corrected chi connectivity index (χ4v) is 2.63. The highest BCUT2D eigenvalue weighted by Crippen LogP contribution is 2.25. The van der Waals surface area contributed by atoms with E-state index in [2.05, 4.69) is 4.98 Å². The summed E-state index contributed by atoms with van der Waals surface area (Å²) in [6.07, 6.45) is 1.65. The van der Waals surface area contributed by atoms with Gasteiger partial charge in [-0.05, 0) is 44.5 Å². The van der Waals surface area contributed by atoms with E-state index < -0.39 is 5.97 Å². The second kappa shape index (κ2) is 7.73. The predicted molar refractivity (Wildman–Crippen MR) is 92.8 cm³/mol. The van der Waals surface area contributed by atoms with Gasteiger partial charge in [-0.3, -0.25) is 14.6 Å². The lowest BCUT2D eigenvalue weighted by Crippen LogP contribution is -2.38. The third-order valence-electron chi connectivity index (χ3n) is 3.96. The van der Waals surface area contributed by atoms with Crippen molar-refractivity contribution >= 4 is 11.9 Å². The fourth-order valence-electron chi connectivity index (χ4n) is 2.63. The number of rotatable bonds is 6. The highest BCUT2D eigenvalue weighted by atomic mass is 16.4. The number of carboxylic acids is 1. The minimum atomic E-state index is -0.910. The van der Waals surface area contributed by atoms with Crippen LogP contribution in [0.15, 0.2) is 42.6 Å². The highest BCUT2D eigenvalue weighted by Gasteiger charge is 2.22. The number of aliphatic carboxylic acids is 1. The Kier molecular flexibility index (Phi) is 5.68. The van der Waals surface area contributed by atoms with Crippen molar-refractivity contribution in [1.29, 1.82) is 0 Å². The highest BCUT2D eigenvalue weighted by molar-refractivity contribution is 5.97. The number of hydrogen-bond donors (Lipinski definition) is 1. The van der Waals surface area contributed by atoms with E-state index in [1.807, 2.05) is 51.1 Å². The summed E-state index contributed by atoms with van der Waals surface area (Å²) >= 11 is 0. The monoisotopic (exact) mass is 326 g/mol. The van der Waals surface area contributed by atoms with Crippen LogP contribution in [0.1, 0.15) is 36.2 Å². The van der Waals surface area contributed by atoms with Gasteiger partial charge in [0.25, 0.3) is 5.91 Å². The average molecular weight is 326 g/mol. The van der Waals surface area contributed by atoms with Crippen molar-refractivity contribution < 1.29 is 14.7 Å². The molecule has 1 aromatic carbocycles. The Morgan fingerprint density at radius 2 is 1.92 bits per heavy atom. The molecule has 0 radical (unpaired) electrons. The van der Waals surface area contributed by atoms with E-state index in [0.29, 0.717) is 5.56 Å². The molecule has 2 rings (SSSR count). The van der Waals surface area contributed by atoms with Crippen molar-refractivity contribution in [1.82, 2.24) is 9.88 Å². The van der Waals surface area contributed by atoms with E-state index in [1.165, 1.54) is 0 Å². The third-order valence-corrected chi connectivity index (χ3v) is 3.96. The van der Waals surface area contributed by atoms with Gasteiger partial charge in [-0.1, -0.05) is 18.2 Å². The largest absolute Gasteiger partial charge is 0.481 e. The van der Waals surface area contributed by atoms with Gasteiger partial charge in [-0.25, -0.2) is 0 Å². The van der Waals surface area contributed by atoms with E-state index in [1.54, 1.807) is 17.2 Å². The Hall–Kier alpha value is -2.69. The summed E-state index contributed by atoms with van der Waals surface area (Å²) < 4.78 is 0. The van der Waals surface area contributed by atoms with Gasteiger partial charge in [0.15, 0.2) is 0 Å². The Morgan fingerprint density at radius 1 is 1.17 bits per heavy atom. The van der Waals surface area contributed by atoms with E-state index in [9.17, 15) is 9.59 Å². The molecule has 0 saturated heterocycles. The second-order valence-electron chi connectivity index (χ2n) is 5.93. The normalized spacial score (nSPS) is 10.7. The van der Waals surface area contributed by atoms with Crippen LogP contribution in [-0.2, 0) is 4.79 Å². The van der Waals surface area contributed by atoms with Gasteiger partial charge < -0.3 is 10.0 Å². The number of carboxylic acid groups (broad SMARTS) is 1. The second-order valence-corrected chi connectivity index (χ2v) is 5.93. The van der Waals surface area contributed by atoms with E-state index >= 15 is 0 Å². The smallest absolute Gasteiger partial charge is 0.305 e. The first-order valence-electron chi connectivity index (χ1n) is 7.95. The summed E-state index contributed by atoms with van der Waals surface area (Å²) in [5, 5.41) is 8.90. The Bertz CT molecular complexity index is 727. The van der Waals surface area contributed by atoms with Crippen LogP contribution in [0.2, 0.25) is 0 Å². The van der Waals surface area contributed by atoms with Crippen molar-refractivity contribution in [3.63, 3.8) is 0 Å². The van der Waals surface area contributed by atoms with Crippen LogP contribution >= 0.6 is 0 Å². The Labute approximate surface area is 142 Å². The molecular formula is C19H22N2O3. The van der Waals surface area contributed by atoms with Crippen molar-refractivity contribution in [3.8, 4) is 11.3 Å². The molecule has 1 amide bonds. The summed E-state index contributed by atoms with van der Waals surface area (Å²) in [5.41, 5.74) is 3.15. The van der Waals surface area contributed by atoms with Crippen LogP contribution in [0.25, 0.3) is 11.3 Å². The third kappa shape index (κ3) is 3.98. The lowest BCUT2D eigenvalue weighted by Gasteiger charge is -2.27. The number of hydrogen-bond acceptors (Lipinski definition) is 3. The molecule has 24 heavy (non-hydrogen) atoms. The van der Waals surface area contributed by atoms with Gasteiger partial charge in [0.05, 0.1) is 12.1 Å². The Balaban J connectivity index is 2.37. The fraction of sp³-hybridized carbons (Fsp3) is 0.316. The van der Waals surface area contributed by atoms with E-state index in [-0.39, 0.29) is 24.9 Å². The number of nitrogens with zero attached hydrogens (tertiary/aromatic N) is 2. The molecule has 1 N–H and O–H groups in total. The molecule has 0 aliphatic carbocycles. The Morgan fingerprint density at radius 3 is 2.50 bits per heavy atom. The molecule has 1 aromatic heterocycles. The van der Waals surface area contributed by atoms with Crippen LogP contribution in [-0.4, -0.2) is 39.5 Å². The van der Waals surface area contributed by atoms with Gasteiger partial charge >= 0.3 is 5.97 Å². The zero-order valence-electron chi connectivity index (χ0n) is 14.2. The number of carbonyl (C=O) groups excluding carboxylic acids is 1. The molecule has 0 aliphatic heterocycles. The summed E-state index contributed by atoms with van der Waals surface area (Å²) in [6, 6.07) is 11.1. The number of aromatic nitrogens is 1. The molecule has 0 atom stereocenters. The maximum atomic E-state index is 12.9. The van der Waals surface area contributed by atoms with Crippen molar-refractivity contribution in [3.05, 3.63) is 53.7 Å². The average Bonchev–Trinajstić information content (AvgIpc) is 2.55. The van der Waals surface area contributed by atoms with Gasteiger partial charge in [0.2, 0.25) is 0 Å². The molecule has 0 unspecified atom stereocenters. The molecular weight excluding hydrogens is 304 g/mol. The van der Waals surface area contributed by atoms with Gasteiger partial charge in [0.1, 0.15) is 0 Å². The summed E-state index contributed by atoms with van der Waals surface area (Å²) in [5.74, 6) is -1.06. The summed E-state index contributed by atoms with van der Waals surface area (Å²) in [7, 11) is 0. The number of pyridine rings is 1. The minimum Gasteiger partial charge on any atom is -0.481 e. The molecule has 0 spiro atoms. The summed E-state index contributed by atoms with van der Waals surface area (Å²) in [4.78, 5) is 29.7. The molecule has 0 fully saturated rings. The molecule has 0 bridgehead atoms. The van der Waals surface area contributed by atoms with Crippen LogP contribution < -0.4 is 0 Å². The maximum Gasteiger partial charge on any atom is 0.305 e. The van der Waals surface area contributed by atoms with E-state index in [4.69, 9.17) is 5.11 Å². The maximum absolute atomic E-state index is 12.9. The van der Waals surface area contributed by atoms with Crippen LogP contribution in [0, 0.1) is 6.92 Å². The number of benzene rings is 1. The van der Waals surface area contributed by atoms with Crippen molar-refractivity contribution in [2.24, 2.45) is 0 Å². The lowest BCUT2D eigenvalue weighted by atomic mass is 9.98. The van der Waals surface area contributed by atoms with Crippen molar-refractivity contribution in [2.45, 2.75) is 33.2 Å². The molecule has 5 nitrogen and oxygen atoms in total. The first kappa shape index (κ1) is 17.7. The number of amides is 1. The predicted octanol–water partition coefficient (Wildman–Crippen LogP) is 3.38. The minimum absolute atomic E-state index is 0.0666. The van der Waals surface area contributed by atoms with Gasteiger partial charge in [-0.15, -0.1) is 0 Å². The lowest BCUT2D eigenvalue weighted by molar-refractivity contribution is -0.137. The van der Waals surface area contributed by atoms with Gasteiger partial charge in [0, 0.05) is 29.9 Å². The SMILES string of the molecule is Cc1c(C(=O)N(CCC(=O)O)C(C)C)cccc1-c1ccccn1. The zero-order chi connectivity index (χ0) is 17.7. The number of carbonyl (C=O) groups is 2.